The van der Waals surface area contributed by atoms with Crippen LogP contribution in [0.1, 0.15) is 17.6 Å². The number of pyridine rings is 2. The first-order valence-electron chi connectivity index (χ1n) is 9.95. The van der Waals surface area contributed by atoms with Crippen LogP contribution in [0.15, 0.2) is 78.0 Å². The molecule has 0 amide bonds. The first-order chi connectivity index (χ1) is 14.9. The fourth-order valence-electron chi connectivity index (χ4n) is 4.07. The van der Waals surface area contributed by atoms with Gasteiger partial charge in [0.25, 0.3) is 0 Å². The normalized spacial score (nSPS) is 18.5. The summed E-state index contributed by atoms with van der Waals surface area (Å²) in [6.07, 6.45) is 3.48. The van der Waals surface area contributed by atoms with E-state index in [4.69, 9.17) is 9.98 Å². The lowest BCUT2D eigenvalue weighted by Crippen LogP contribution is -2.57. The molecule has 30 heavy (non-hydrogen) atoms. The third-order valence-electron chi connectivity index (χ3n) is 5.44. The van der Waals surface area contributed by atoms with Crippen LogP contribution in [0.5, 0.6) is 0 Å². The lowest BCUT2D eigenvalue weighted by atomic mass is 10.2. The number of para-hydroxylation sites is 2. The van der Waals surface area contributed by atoms with Gasteiger partial charge in [0.2, 0.25) is 11.9 Å². The molecule has 2 aliphatic heterocycles. The van der Waals surface area contributed by atoms with Crippen LogP contribution in [-0.4, -0.2) is 43.7 Å². The summed E-state index contributed by atoms with van der Waals surface area (Å²) in [5, 5.41) is 3.58. The van der Waals surface area contributed by atoms with Gasteiger partial charge in [-0.25, -0.2) is 9.98 Å². The molecular formula is C22H20N8. The highest BCUT2D eigenvalue weighted by Gasteiger charge is 2.36. The summed E-state index contributed by atoms with van der Waals surface area (Å²) in [7, 11) is 0. The second-order valence-corrected chi connectivity index (χ2v) is 7.41. The fraction of sp³-hybridized carbons (Fsp3) is 0.182. The number of hydrogen-bond acceptors (Lipinski definition) is 7. The molecule has 0 saturated carbocycles. The number of imidazole rings is 1. The number of aromatic nitrogens is 4. The second-order valence-electron chi connectivity index (χ2n) is 7.41. The van der Waals surface area contributed by atoms with Crippen molar-refractivity contribution in [1.29, 1.82) is 0 Å². The highest BCUT2D eigenvalue weighted by Crippen LogP contribution is 2.33. The quantitative estimate of drug-likeness (QED) is 0.574. The first kappa shape index (κ1) is 17.1. The Kier molecular flexibility index (Phi) is 3.95. The SMILES string of the molecule is c1ccc(CN2CN=C3NC(c4ccccn4)n4c(nc5ccccc54)N3C2)nc1. The number of hydrogen-bond donors (Lipinski definition) is 1. The van der Waals surface area contributed by atoms with E-state index in [-0.39, 0.29) is 6.17 Å². The zero-order valence-electron chi connectivity index (χ0n) is 16.3. The molecule has 5 heterocycles. The number of rotatable bonds is 3. The Morgan fingerprint density at radius 2 is 1.77 bits per heavy atom. The van der Waals surface area contributed by atoms with Crippen LogP contribution in [-0.2, 0) is 6.54 Å². The van der Waals surface area contributed by atoms with E-state index in [0.717, 1.165) is 40.9 Å². The number of benzene rings is 1. The van der Waals surface area contributed by atoms with E-state index in [2.05, 4.69) is 35.7 Å². The maximum Gasteiger partial charge on any atom is 0.216 e. The topological polar surface area (TPSA) is 74.5 Å². The van der Waals surface area contributed by atoms with E-state index in [9.17, 15) is 0 Å². The molecule has 1 N–H and O–H groups in total. The molecule has 4 aromatic rings. The van der Waals surface area contributed by atoms with Gasteiger partial charge in [0.1, 0.15) is 0 Å². The van der Waals surface area contributed by atoms with Crippen LogP contribution >= 0.6 is 0 Å². The van der Waals surface area contributed by atoms with Crippen molar-refractivity contribution in [2.75, 3.05) is 18.2 Å². The molecule has 0 aliphatic carbocycles. The van der Waals surface area contributed by atoms with Gasteiger partial charge in [-0.3, -0.25) is 24.3 Å². The van der Waals surface area contributed by atoms with E-state index in [0.29, 0.717) is 13.3 Å². The molecule has 0 fully saturated rings. The van der Waals surface area contributed by atoms with Crippen molar-refractivity contribution in [3.63, 3.8) is 0 Å². The van der Waals surface area contributed by atoms with Gasteiger partial charge in [0.15, 0.2) is 6.17 Å². The summed E-state index contributed by atoms with van der Waals surface area (Å²) in [6.45, 7) is 2.02. The minimum Gasteiger partial charge on any atom is -0.330 e. The Morgan fingerprint density at radius 3 is 2.60 bits per heavy atom. The first-order valence-corrected chi connectivity index (χ1v) is 9.95. The van der Waals surface area contributed by atoms with Crippen molar-refractivity contribution in [2.45, 2.75) is 12.7 Å². The number of nitrogens with zero attached hydrogens (tertiary/aromatic N) is 7. The molecule has 0 bridgehead atoms. The van der Waals surface area contributed by atoms with Crippen LogP contribution in [0.25, 0.3) is 11.0 Å². The van der Waals surface area contributed by atoms with Gasteiger partial charge in [-0.1, -0.05) is 24.3 Å². The van der Waals surface area contributed by atoms with E-state index in [1.54, 1.807) is 0 Å². The Labute approximate surface area is 173 Å². The number of fused-ring (bicyclic) bond motifs is 5. The molecule has 8 nitrogen and oxygen atoms in total. The average molecular weight is 396 g/mol. The average Bonchev–Trinajstić information content (AvgIpc) is 3.20. The standard InChI is InChI=1S/C22H20N8/c1-2-10-19-17(8-1)26-22-29-15-28(13-16-7-3-5-11-23-16)14-25-21(29)27-20(30(19)22)18-9-4-6-12-24-18/h1-12,20H,13-15H2,(H,25,27). The zero-order valence-corrected chi connectivity index (χ0v) is 16.3. The van der Waals surface area contributed by atoms with Gasteiger partial charge in [0.05, 0.1) is 35.8 Å². The third-order valence-corrected chi connectivity index (χ3v) is 5.44. The van der Waals surface area contributed by atoms with E-state index >= 15 is 0 Å². The summed E-state index contributed by atoms with van der Waals surface area (Å²) >= 11 is 0. The van der Waals surface area contributed by atoms with Gasteiger partial charge in [-0.05, 0) is 36.4 Å². The minimum atomic E-state index is -0.161. The van der Waals surface area contributed by atoms with Gasteiger partial charge in [0, 0.05) is 18.9 Å². The fourth-order valence-corrected chi connectivity index (χ4v) is 4.07. The van der Waals surface area contributed by atoms with Crippen molar-refractivity contribution in [2.24, 2.45) is 4.99 Å². The van der Waals surface area contributed by atoms with Crippen LogP contribution in [0.2, 0.25) is 0 Å². The third kappa shape index (κ3) is 2.81. The number of aliphatic imine (C=N–C) groups is 1. The largest absolute Gasteiger partial charge is 0.330 e. The highest BCUT2D eigenvalue weighted by molar-refractivity contribution is 5.98. The molecule has 1 aromatic carbocycles. The van der Waals surface area contributed by atoms with E-state index < -0.39 is 0 Å². The van der Waals surface area contributed by atoms with Crippen molar-refractivity contribution in [1.82, 2.24) is 29.7 Å². The van der Waals surface area contributed by atoms with Crippen LogP contribution < -0.4 is 10.2 Å². The van der Waals surface area contributed by atoms with Crippen LogP contribution in [0, 0.1) is 0 Å². The lowest BCUT2D eigenvalue weighted by molar-refractivity contribution is 0.261. The summed E-state index contributed by atoms with van der Waals surface area (Å²) < 4.78 is 2.21. The number of anilines is 1. The van der Waals surface area contributed by atoms with Crippen LogP contribution in [0.3, 0.4) is 0 Å². The van der Waals surface area contributed by atoms with Crippen LogP contribution in [0.4, 0.5) is 5.95 Å². The predicted molar refractivity (Wildman–Crippen MR) is 115 cm³/mol. The molecule has 0 spiro atoms. The number of nitrogens with one attached hydrogen (secondary N) is 1. The molecular weight excluding hydrogens is 376 g/mol. The summed E-state index contributed by atoms with van der Waals surface area (Å²) in [5.41, 5.74) is 3.98. The molecule has 2 aliphatic rings. The molecule has 1 atom stereocenters. The van der Waals surface area contributed by atoms with Gasteiger partial charge < -0.3 is 5.32 Å². The Balaban J connectivity index is 1.42. The summed E-state index contributed by atoms with van der Waals surface area (Å²) in [4.78, 5) is 23.2. The maximum absolute atomic E-state index is 4.95. The number of guanidine groups is 1. The molecule has 148 valence electrons. The van der Waals surface area contributed by atoms with Gasteiger partial charge in [-0.2, -0.15) is 0 Å². The Morgan fingerprint density at radius 1 is 0.933 bits per heavy atom. The van der Waals surface area contributed by atoms with Crippen molar-refractivity contribution >= 4 is 22.9 Å². The molecule has 3 aromatic heterocycles. The van der Waals surface area contributed by atoms with E-state index in [1.165, 1.54) is 0 Å². The molecule has 0 saturated heterocycles. The van der Waals surface area contributed by atoms with Crippen molar-refractivity contribution < 1.29 is 0 Å². The Bertz CT molecular complexity index is 1220. The summed E-state index contributed by atoms with van der Waals surface area (Å²) in [6, 6.07) is 20.2. The van der Waals surface area contributed by atoms with Crippen molar-refractivity contribution in [3.8, 4) is 0 Å². The molecule has 8 heteroatoms. The minimum absolute atomic E-state index is 0.161. The molecule has 1 unspecified atom stereocenters. The van der Waals surface area contributed by atoms with E-state index in [1.807, 2.05) is 67.0 Å². The monoisotopic (exact) mass is 396 g/mol. The highest BCUT2D eigenvalue weighted by atomic mass is 15.5. The van der Waals surface area contributed by atoms with Gasteiger partial charge >= 0.3 is 0 Å². The van der Waals surface area contributed by atoms with Gasteiger partial charge in [-0.15, -0.1) is 0 Å². The zero-order chi connectivity index (χ0) is 19.9. The molecule has 0 radical (unpaired) electrons. The smallest absolute Gasteiger partial charge is 0.216 e. The maximum atomic E-state index is 4.95. The van der Waals surface area contributed by atoms with Crippen molar-refractivity contribution in [3.05, 3.63) is 84.4 Å². The second kappa shape index (κ2) is 6.93. The Hall–Kier alpha value is -3.78. The summed E-state index contributed by atoms with van der Waals surface area (Å²) in [5.74, 6) is 1.70. The lowest BCUT2D eigenvalue weighted by Gasteiger charge is -2.41. The predicted octanol–water partition coefficient (Wildman–Crippen LogP) is 2.57. The molecule has 6 rings (SSSR count).